The molecule has 0 saturated heterocycles. The van der Waals surface area contributed by atoms with Gasteiger partial charge >= 0.3 is 0 Å². The third-order valence-electron chi connectivity index (χ3n) is 6.25. The van der Waals surface area contributed by atoms with E-state index in [2.05, 4.69) is 67.8 Å². The molecule has 2 aliphatic heterocycles. The molecular formula is C24H32N2. The summed E-state index contributed by atoms with van der Waals surface area (Å²) in [5.74, 6) is 1.18. The Hall–Kier alpha value is -1.80. The first-order valence-electron chi connectivity index (χ1n) is 10.3. The first-order chi connectivity index (χ1) is 12.6. The van der Waals surface area contributed by atoms with Crippen LogP contribution in [-0.2, 0) is 19.4 Å². The molecule has 0 radical (unpaired) electrons. The highest BCUT2D eigenvalue weighted by molar-refractivity contribution is 5.56. The number of benzene rings is 2. The summed E-state index contributed by atoms with van der Waals surface area (Å²) in [6, 6.07) is 14.8. The minimum atomic E-state index is 0.578. The lowest BCUT2D eigenvalue weighted by molar-refractivity contribution is 0.535. The third kappa shape index (κ3) is 3.66. The Kier molecular flexibility index (Phi) is 5.04. The Morgan fingerprint density at radius 2 is 1.73 bits per heavy atom. The van der Waals surface area contributed by atoms with Gasteiger partial charge in [-0.25, -0.2) is 0 Å². The van der Waals surface area contributed by atoms with E-state index in [-0.39, 0.29) is 0 Å². The molecule has 2 aliphatic rings. The lowest BCUT2D eigenvalue weighted by Gasteiger charge is -2.30. The predicted molar refractivity (Wildman–Crippen MR) is 111 cm³/mol. The average molecular weight is 349 g/mol. The van der Waals surface area contributed by atoms with Crippen LogP contribution in [0.2, 0.25) is 0 Å². The van der Waals surface area contributed by atoms with Crippen LogP contribution in [0.25, 0.3) is 0 Å². The summed E-state index contributed by atoms with van der Waals surface area (Å²) in [4.78, 5) is 0. The molecule has 2 heterocycles. The highest BCUT2D eigenvalue weighted by atomic mass is 14.9. The number of fused-ring (bicyclic) bond motifs is 2. The summed E-state index contributed by atoms with van der Waals surface area (Å²) in [7, 11) is 0. The smallest absolute Gasteiger partial charge is 0.0377 e. The van der Waals surface area contributed by atoms with Crippen molar-refractivity contribution in [2.45, 2.75) is 70.9 Å². The third-order valence-corrected chi connectivity index (χ3v) is 6.25. The van der Waals surface area contributed by atoms with E-state index in [1.165, 1.54) is 59.2 Å². The summed E-state index contributed by atoms with van der Waals surface area (Å²) < 4.78 is 0. The second kappa shape index (κ2) is 7.44. The van der Waals surface area contributed by atoms with Crippen molar-refractivity contribution in [2.24, 2.45) is 0 Å². The summed E-state index contributed by atoms with van der Waals surface area (Å²) in [5, 5.41) is 7.34. The number of rotatable bonds is 4. The lowest BCUT2D eigenvalue weighted by Crippen LogP contribution is -2.27. The monoisotopic (exact) mass is 348 g/mol. The normalized spacial score (nSPS) is 20.2. The number of nitrogens with one attached hydrogen (secondary N) is 2. The van der Waals surface area contributed by atoms with Crippen LogP contribution in [0.15, 0.2) is 36.4 Å². The van der Waals surface area contributed by atoms with Crippen molar-refractivity contribution in [1.82, 2.24) is 5.32 Å². The summed E-state index contributed by atoms with van der Waals surface area (Å²) in [6.45, 7) is 9.08. The Balaban J connectivity index is 1.45. The van der Waals surface area contributed by atoms with Crippen LogP contribution >= 0.6 is 0 Å². The maximum absolute atomic E-state index is 3.84. The highest BCUT2D eigenvalue weighted by Crippen LogP contribution is 2.33. The van der Waals surface area contributed by atoms with Crippen LogP contribution in [0.5, 0.6) is 0 Å². The van der Waals surface area contributed by atoms with Gasteiger partial charge in [0.2, 0.25) is 0 Å². The van der Waals surface area contributed by atoms with Gasteiger partial charge in [0, 0.05) is 18.3 Å². The van der Waals surface area contributed by atoms with E-state index >= 15 is 0 Å². The maximum Gasteiger partial charge on any atom is 0.0377 e. The van der Waals surface area contributed by atoms with Gasteiger partial charge < -0.3 is 10.6 Å². The molecule has 2 unspecified atom stereocenters. The van der Waals surface area contributed by atoms with E-state index < -0.39 is 0 Å². The van der Waals surface area contributed by atoms with Crippen molar-refractivity contribution < 1.29 is 0 Å². The van der Waals surface area contributed by atoms with Crippen molar-refractivity contribution in [2.75, 3.05) is 11.9 Å². The van der Waals surface area contributed by atoms with E-state index in [0.717, 1.165) is 13.1 Å². The van der Waals surface area contributed by atoms with Crippen LogP contribution in [0.4, 0.5) is 5.69 Å². The molecule has 2 aromatic rings. The van der Waals surface area contributed by atoms with Gasteiger partial charge in [-0.05, 0) is 77.9 Å². The SMILES string of the molecule is CC(C)c1ccc2c(c1)NC(CC(C)c1ccc3c(c1)CNCC3)CC2. The summed E-state index contributed by atoms with van der Waals surface area (Å²) in [6.07, 6.45) is 4.82. The van der Waals surface area contributed by atoms with Crippen LogP contribution in [-0.4, -0.2) is 12.6 Å². The molecule has 2 nitrogen and oxygen atoms in total. The number of hydrogen-bond donors (Lipinski definition) is 2. The highest BCUT2D eigenvalue weighted by Gasteiger charge is 2.21. The zero-order valence-corrected chi connectivity index (χ0v) is 16.4. The Morgan fingerprint density at radius 1 is 0.923 bits per heavy atom. The van der Waals surface area contributed by atoms with Crippen LogP contribution in [0.3, 0.4) is 0 Å². The van der Waals surface area contributed by atoms with Crippen LogP contribution < -0.4 is 10.6 Å². The van der Waals surface area contributed by atoms with E-state index in [0.29, 0.717) is 17.9 Å². The van der Waals surface area contributed by atoms with Gasteiger partial charge in [-0.3, -0.25) is 0 Å². The quantitative estimate of drug-likeness (QED) is 0.775. The van der Waals surface area contributed by atoms with Gasteiger partial charge in [-0.2, -0.15) is 0 Å². The molecule has 2 atom stereocenters. The molecule has 0 amide bonds. The molecule has 0 spiro atoms. The van der Waals surface area contributed by atoms with Gasteiger partial charge in [0.1, 0.15) is 0 Å². The minimum absolute atomic E-state index is 0.578. The largest absolute Gasteiger partial charge is 0.382 e. The second-order valence-electron chi connectivity index (χ2n) is 8.54. The lowest BCUT2D eigenvalue weighted by atomic mass is 9.86. The Bertz CT molecular complexity index is 778. The van der Waals surface area contributed by atoms with Crippen molar-refractivity contribution in [1.29, 1.82) is 0 Å². The van der Waals surface area contributed by atoms with Gasteiger partial charge in [0.25, 0.3) is 0 Å². The molecule has 0 aromatic heterocycles. The number of hydrogen-bond acceptors (Lipinski definition) is 2. The predicted octanol–water partition coefficient (Wildman–Crippen LogP) is 5.38. The van der Waals surface area contributed by atoms with Crippen molar-refractivity contribution in [3.63, 3.8) is 0 Å². The van der Waals surface area contributed by atoms with E-state index in [9.17, 15) is 0 Å². The topological polar surface area (TPSA) is 24.1 Å². The standard InChI is InChI=1S/C24H32N2/c1-16(2)20-6-5-19-8-9-23(26-24(19)14-20)12-17(3)21-7-4-18-10-11-25-15-22(18)13-21/h4-7,13-14,16-17,23,25-26H,8-12,15H2,1-3H3. The number of anilines is 1. The Morgan fingerprint density at radius 3 is 2.58 bits per heavy atom. The summed E-state index contributed by atoms with van der Waals surface area (Å²) >= 11 is 0. The molecule has 2 heteroatoms. The zero-order valence-electron chi connectivity index (χ0n) is 16.4. The molecule has 2 N–H and O–H groups in total. The summed E-state index contributed by atoms with van der Waals surface area (Å²) in [5.41, 5.74) is 8.82. The van der Waals surface area contributed by atoms with Gasteiger partial charge in [-0.1, -0.05) is 51.1 Å². The Labute approximate surface area is 158 Å². The average Bonchev–Trinajstić information content (AvgIpc) is 2.67. The first-order valence-corrected chi connectivity index (χ1v) is 10.3. The minimum Gasteiger partial charge on any atom is -0.382 e. The van der Waals surface area contributed by atoms with Gasteiger partial charge in [0.05, 0.1) is 0 Å². The molecule has 0 bridgehead atoms. The first kappa shape index (κ1) is 17.6. The fourth-order valence-corrected chi connectivity index (χ4v) is 4.47. The van der Waals surface area contributed by atoms with E-state index in [1.54, 1.807) is 0 Å². The molecule has 138 valence electrons. The molecule has 0 saturated carbocycles. The second-order valence-corrected chi connectivity index (χ2v) is 8.54. The van der Waals surface area contributed by atoms with Crippen molar-refractivity contribution >= 4 is 5.69 Å². The molecule has 0 fully saturated rings. The fourth-order valence-electron chi connectivity index (χ4n) is 4.47. The fraction of sp³-hybridized carbons (Fsp3) is 0.500. The van der Waals surface area contributed by atoms with Gasteiger partial charge in [0.15, 0.2) is 0 Å². The van der Waals surface area contributed by atoms with E-state index in [1.807, 2.05) is 0 Å². The molecule has 26 heavy (non-hydrogen) atoms. The number of aryl methyl sites for hydroxylation is 1. The molecular weight excluding hydrogens is 316 g/mol. The van der Waals surface area contributed by atoms with Crippen molar-refractivity contribution in [3.8, 4) is 0 Å². The van der Waals surface area contributed by atoms with E-state index in [4.69, 9.17) is 0 Å². The molecule has 2 aromatic carbocycles. The molecule has 0 aliphatic carbocycles. The van der Waals surface area contributed by atoms with Crippen molar-refractivity contribution in [3.05, 3.63) is 64.2 Å². The maximum atomic E-state index is 3.84. The molecule has 4 rings (SSSR count). The van der Waals surface area contributed by atoms with Crippen LogP contribution in [0.1, 0.15) is 73.3 Å². The van der Waals surface area contributed by atoms with Gasteiger partial charge in [-0.15, -0.1) is 0 Å². The zero-order chi connectivity index (χ0) is 18.1. The van der Waals surface area contributed by atoms with Crippen LogP contribution in [0, 0.1) is 0 Å².